The van der Waals surface area contributed by atoms with E-state index in [1.54, 1.807) is 0 Å². The molecule has 3 rings (SSSR count). The lowest BCUT2D eigenvalue weighted by atomic mass is 10.0. The molecule has 174 valence electrons. The summed E-state index contributed by atoms with van der Waals surface area (Å²) in [6, 6.07) is 4.89. The molecule has 0 fully saturated rings. The molecule has 0 saturated carbocycles. The average molecular weight is 483 g/mol. The van der Waals surface area contributed by atoms with Gasteiger partial charge < -0.3 is 14.6 Å². The first-order chi connectivity index (χ1) is 15.5. The van der Waals surface area contributed by atoms with Crippen molar-refractivity contribution in [1.82, 2.24) is 19.7 Å². The van der Waals surface area contributed by atoms with Gasteiger partial charge in [-0.25, -0.2) is 15.0 Å². The molecule has 8 nitrogen and oxygen atoms in total. The molecular weight excluding hydrogens is 466 g/mol. The number of amides is 1. The summed E-state index contributed by atoms with van der Waals surface area (Å²) in [5.41, 5.74) is -1.79. The van der Waals surface area contributed by atoms with Crippen LogP contribution in [0, 0.1) is 19.8 Å². The lowest BCUT2D eigenvalue weighted by molar-refractivity contribution is -0.138. The molecule has 0 aliphatic carbocycles. The van der Waals surface area contributed by atoms with Gasteiger partial charge in [-0.05, 0) is 37.6 Å². The first-order valence-corrected chi connectivity index (χ1v) is 10.4. The maximum absolute atomic E-state index is 13.5. The van der Waals surface area contributed by atoms with Crippen molar-refractivity contribution >= 4 is 23.0 Å². The third kappa shape index (κ3) is 5.56. The number of hydrogen-bond donors (Lipinski definition) is 2. The van der Waals surface area contributed by atoms with E-state index >= 15 is 0 Å². The number of nitrogens with one attached hydrogen (secondary N) is 2. The number of carbonyl (C=O) groups excluding carboxylic acids is 1. The first-order valence-electron chi connectivity index (χ1n) is 9.25. The zero-order valence-electron chi connectivity index (χ0n) is 17.5. The van der Waals surface area contributed by atoms with Gasteiger partial charge in [0.15, 0.2) is 5.75 Å². The van der Waals surface area contributed by atoms with Crippen LogP contribution in [0.2, 0.25) is 0 Å². The Balaban J connectivity index is 2.04. The Morgan fingerprint density at radius 3 is 2.55 bits per heavy atom. The highest BCUT2D eigenvalue weighted by Gasteiger charge is 2.36. The van der Waals surface area contributed by atoms with Crippen molar-refractivity contribution < 1.29 is 31.6 Å². The molecule has 1 atom stereocenters. The lowest BCUT2D eigenvalue weighted by Gasteiger charge is -2.17. The molecule has 1 unspecified atom stereocenters. The number of aromatic nitrogens is 3. The molecule has 3 heterocycles. The smallest absolute Gasteiger partial charge is 0.418 e. The van der Waals surface area contributed by atoms with Crippen molar-refractivity contribution in [3.63, 3.8) is 0 Å². The minimum absolute atomic E-state index is 0.00715. The molecule has 0 aromatic carbocycles. The van der Waals surface area contributed by atoms with Crippen LogP contribution in [-0.2, 0) is 17.5 Å². The summed E-state index contributed by atoms with van der Waals surface area (Å²) in [7, 11) is 1.44. The first kappa shape index (κ1) is 24.4. The predicted molar refractivity (Wildman–Crippen MR) is 111 cm³/mol. The van der Waals surface area contributed by atoms with Crippen LogP contribution in [0.4, 0.5) is 23.2 Å². The van der Waals surface area contributed by atoms with E-state index in [-0.39, 0.29) is 22.2 Å². The van der Waals surface area contributed by atoms with E-state index in [0.717, 1.165) is 13.0 Å². The zero-order chi connectivity index (χ0) is 24.3. The van der Waals surface area contributed by atoms with Crippen molar-refractivity contribution in [2.24, 2.45) is 0 Å². The van der Waals surface area contributed by atoms with Gasteiger partial charge in [-0.2, -0.15) is 17.6 Å². The Hall–Kier alpha value is -3.29. The SMILES string of the molecule is CN[S+]([O-])c1cc(NC(=O)c2c(Oc3ccc(F)nc3C)ncc(C(F)(F)F)c2C)ccn1. The van der Waals surface area contributed by atoms with Crippen LogP contribution in [0.3, 0.4) is 0 Å². The van der Waals surface area contributed by atoms with E-state index in [2.05, 4.69) is 25.0 Å². The second-order valence-electron chi connectivity index (χ2n) is 6.60. The molecule has 1 amide bonds. The number of hydrogen-bond acceptors (Lipinski definition) is 7. The zero-order valence-corrected chi connectivity index (χ0v) is 18.3. The van der Waals surface area contributed by atoms with Crippen LogP contribution < -0.4 is 14.8 Å². The molecule has 0 bridgehead atoms. The van der Waals surface area contributed by atoms with Crippen LogP contribution in [-0.4, -0.2) is 32.5 Å². The average Bonchev–Trinajstić information content (AvgIpc) is 2.74. The number of nitrogens with zero attached hydrogens (tertiary/aromatic N) is 3. The number of anilines is 1. The van der Waals surface area contributed by atoms with Crippen molar-refractivity contribution in [3.05, 3.63) is 65.0 Å². The third-order valence-electron chi connectivity index (χ3n) is 4.41. The van der Waals surface area contributed by atoms with Crippen molar-refractivity contribution in [2.75, 3.05) is 12.4 Å². The molecule has 3 aromatic heterocycles. The van der Waals surface area contributed by atoms with E-state index in [4.69, 9.17) is 4.74 Å². The lowest BCUT2D eigenvalue weighted by Crippen LogP contribution is -2.21. The molecule has 0 aliphatic rings. The normalized spacial score (nSPS) is 12.4. The topological polar surface area (TPSA) is 112 Å². The van der Waals surface area contributed by atoms with Crippen LogP contribution in [0.1, 0.15) is 27.2 Å². The third-order valence-corrected chi connectivity index (χ3v) is 5.39. The number of ether oxygens (including phenoxy) is 1. The highest BCUT2D eigenvalue weighted by molar-refractivity contribution is 7.89. The fraction of sp³-hybridized carbons (Fsp3) is 0.200. The molecule has 33 heavy (non-hydrogen) atoms. The van der Waals surface area contributed by atoms with Crippen molar-refractivity contribution in [2.45, 2.75) is 25.0 Å². The van der Waals surface area contributed by atoms with Gasteiger partial charge in [-0.15, -0.1) is 4.72 Å². The Morgan fingerprint density at radius 1 is 1.18 bits per heavy atom. The monoisotopic (exact) mass is 483 g/mol. The highest BCUT2D eigenvalue weighted by Crippen LogP contribution is 2.36. The number of pyridine rings is 3. The molecule has 0 spiro atoms. The number of carbonyl (C=O) groups is 1. The fourth-order valence-corrected chi connectivity index (χ4v) is 3.43. The van der Waals surface area contributed by atoms with E-state index in [1.807, 2.05) is 0 Å². The van der Waals surface area contributed by atoms with Gasteiger partial charge in [0, 0.05) is 31.2 Å². The van der Waals surface area contributed by atoms with Gasteiger partial charge in [-0.1, -0.05) is 0 Å². The quantitative estimate of drug-likeness (QED) is 0.310. The molecule has 0 radical (unpaired) electrons. The van der Waals surface area contributed by atoms with Gasteiger partial charge in [0.05, 0.1) is 22.6 Å². The van der Waals surface area contributed by atoms with Crippen LogP contribution >= 0.6 is 0 Å². The minimum Gasteiger partial charge on any atom is -0.592 e. The predicted octanol–water partition coefficient (Wildman–Crippen LogP) is 3.93. The standard InChI is InChI=1S/C20H17F4N5O3S/c1-10-13(20(22,23)24)9-27-19(32-14-4-5-15(21)28-11(14)2)17(10)18(30)29-12-6-7-26-16(8-12)33(31)25-3/h4-9,25H,1-3H3,(H,26,29,30). The second-order valence-corrected chi connectivity index (χ2v) is 7.97. The molecule has 13 heteroatoms. The summed E-state index contributed by atoms with van der Waals surface area (Å²) in [6.07, 6.45) is -2.94. The van der Waals surface area contributed by atoms with Crippen LogP contribution in [0.25, 0.3) is 0 Å². The fourth-order valence-electron chi connectivity index (χ4n) is 2.83. The molecule has 0 saturated heterocycles. The maximum atomic E-state index is 13.5. The molecule has 3 aromatic rings. The van der Waals surface area contributed by atoms with Gasteiger partial charge in [-0.3, -0.25) is 4.79 Å². The maximum Gasteiger partial charge on any atom is 0.418 e. The van der Waals surface area contributed by atoms with E-state index in [1.165, 1.54) is 38.4 Å². The largest absolute Gasteiger partial charge is 0.592 e. The number of aryl methyl sites for hydroxylation is 1. The van der Waals surface area contributed by atoms with Gasteiger partial charge in [0.25, 0.3) is 10.9 Å². The van der Waals surface area contributed by atoms with Gasteiger partial charge in [0.1, 0.15) is 5.56 Å². The van der Waals surface area contributed by atoms with Crippen LogP contribution in [0.5, 0.6) is 11.6 Å². The van der Waals surface area contributed by atoms with E-state index < -0.39 is 52.0 Å². The summed E-state index contributed by atoms with van der Waals surface area (Å²) < 4.78 is 73.6. The highest BCUT2D eigenvalue weighted by atomic mass is 32.2. The van der Waals surface area contributed by atoms with Crippen LogP contribution in [0.15, 0.2) is 41.7 Å². The Labute approximate surface area is 188 Å². The molecular formula is C20H17F4N5O3S. The van der Waals surface area contributed by atoms with E-state index in [9.17, 15) is 26.9 Å². The number of alkyl halides is 3. The second kappa shape index (κ2) is 9.68. The Bertz CT molecular complexity index is 1190. The summed E-state index contributed by atoms with van der Waals surface area (Å²) in [4.78, 5) is 24.2. The minimum atomic E-state index is -4.77. The Kier molecular flexibility index (Phi) is 7.15. The number of rotatable bonds is 6. The summed E-state index contributed by atoms with van der Waals surface area (Å²) in [5, 5.41) is 2.54. The van der Waals surface area contributed by atoms with Crippen molar-refractivity contribution in [3.8, 4) is 11.6 Å². The van der Waals surface area contributed by atoms with Gasteiger partial charge >= 0.3 is 6.18 Å². The Morgan fingerprint density at radius 2 is 1.91 bits per heavy atom. The van der Waals surface area contributed by atoms with Crippen molar-refractivity contribution in [1.29, 1.82) is 0 Å². The van der Waals surface area contributed by atoms with Gasteiger partial charge in [0.2, 0.25) is 11.8 Å². The number of halogens is 4. The molecule has 0 aliphatic heterocycles. The summed E-state index contributed by atoms with van der Waals surface area (Å²) >= 11 is -1.65. The molecule has 2 N–H and O–H groups in total. The van der Waals surface area contributed by atoms with E-state index in [0.29, 0.717) is 6.20 Å². The summed E-state index contributed by atoms with van der Waals surface area (Å²) in [6.45, 7) is 2.53. The summed E-state index contributed by atoms with van der Waals surface area (Å²) in [5.74, 6) is -2.15.